The highest BCUT2D eigenvalue weighted by atomic mass is 16.7. The van der Waals surface area contributed by atoms with Crippen LogP contribution in [0, 0.1) is 11.8 Å². The number of pyridine rings is 1. The zero-order valence-corrected chi connectivity index (χ0v) is 45.7. The lowest BCUT2D eigenvalue weighted by Crippen LogP contribution is -2.77. The number of aromatic nitrogens is 1. The Labute approximate surface area is 473 Å². The number of carbonyl (C=O) groups excluding carboxylic acids is 7. The van der Waals surface area contributed by atoms with Gasteiger partial charge in [-0.05, 0) is 110 Å². The van der Waals surface area contributed by atoms with Gasteiger partial charge in [0.1, 0.15) is 43.6 Å². The van der Waals surface area contributed by atoms with Gasteiger partial charge in [0.2, 0.25) is 30.4 Å². The molecule has 4 heterocycles. The first-order chi connectivity index (χ1) is 39.3. The summed E-state index contributed by atoms with van der Waals surface area (Å²) in [5, 5.41) is 75.6. The molecule has 2 aromatic carbocycles. The van der Waals surface area contributed by atoms with Crippen LogP contribution in [0.2, 0.25) is 0 Å². The Kier molecular flexibility index (Phi) is 15.6. The van der Waals surface area contributed by atoms with Crippen molar-refractivity contribution < 1.29 is 97.5 Å². The fourth-order valence-corrected chi connectivity index (χ4v) is 12.6. The Morgan fingerprint density at radius 1 is 0.855 bits per heavy atom. The van der Waals surface area contributed by atoms with Crippen LogP contribution in [0.5, 0.6) is 11.5 Å². The van der Waals surface area contributed by atoms with Crippen molar-refractivity contribution >= 4 is 75.6 Å². The number of hydrogen-bond donors (Lipinski definition) is 11. The number of aliphatic hydroxyl groups is 4. The first-order valence-electron chi connectivity index (χ1n) is 27.4. The largest absolute Gasteiger partial charge is 0.481 e. The molecule has 2 bridgehead atoms. The van der Waals surface area contributed by atoms with Gasteiger partial charge in [-0.25, -0.2) is 19.4 Å². The van der Waals surface area contributed by atoms with Gasteiger partial charge in [0.25, 0.3) is 0 Å². The van der Waals surface area contributed by atoms with Crippen molar-refractivity contribution in [3.05, 3.63) is 75.5 Å². The van der Waals surface area contributed by atoms with Crippen molar-refractivity contribution in [3.8, 4) is 11.5 Å². The van der Waals surface area contributed by atoms with Crippen molar-refractivity contribution in [2.75, 3.05) is 25.3 Å². The lowest BCUT2D eigenvalue weighted by Gasteiger charge is -2.71. The van der Waals surface area contributed by atoms with E-state index >= 15 is 0 Å². The molecular formula is C57H64N6O20. The number of Topliss-reactive ketones (excluding diaryl/α,β-unsaturated/α-hetero) is 1. The normalized spacial score (nSPS) is 27.7. The third-order valence-electron chi connectivity index (χ3n) is 17.0. The first kappa shape index (κ1) is 58.2. The van der Waals surface area contributed by atoms with E-state index in [-0.39, 0.29) is 68.3 Å². The molecule has 83 heavy (non-hydrogen) atoms. The zero-order chi connectivity index (χ0) is 59.6. The summed E-state index contributed by atoms with van der Waals surface area (Å²) in [7, 11) is 0. The summed E-state index contributed by atoms with van der Waals surface area (Å²) in [6.07, 6.45) is -6.73. The molecule has 8 aliphatic rings. The maximum atomic E-state index is 14.3. The maximum absolute atomic E-state index is 14.3. The predicted octanol–water partition coefficient (Wildman–Crippen LogP) is 0.629. The second-order valence-electron chi connectivity index (χ2n) is 22.8. The fraction of sp³-hybridized carbons (Fsp3) is 0.509. The summed E-state index contributed by atoms with van der Waals surface area (Å²) in [5.74, 6) is -6.71. The van der Waals surface area contributed by atoms with Crippen LogP contribution < -0.4 is 36.1 Å². The molecule has 1 unspecified atom stereocenters. The number of aliphatic hydroxyl groups excluding tert-OH is 3. The Balaban J connectivity index is 0.829. The summed E-state index contributed by atoms with van der Waals surface area (Å²) in [6.45, 7) is 5.26. The lowest BCUT2D eigenvalue weighted by molar-refractivity contribution is -0.228. The van der Waals surface area contributed by atoms with E-state index in [0.717, 1.165) is 16.5 Å². The van der Waals surface area contributed by atoms with Crippen LogP contribution in [0.4, 0.5) is 10.5 Å². The van der Waals surface area contributed by atoms with Gasteiger partial charge in [0, 0.05) is 45.7 Å². The number of nitrogens with zero attached hydrogens (tertiary/aromatic N) is 1. The average Bonchev–Trinajstić information content (AvgIpc) is 1.82. The predicted molar refractivity (Wildman–Crippen MR) is 285 cm³/mol. The van der Waals surface area contributed by atoms with Gasteiger partial charge in [-0.2, -0.15) is 0 Å². The van der Waals surface area contributed by atoms with Gasteiger partial charge in [-0.1, -0.05) is 26.8 Å². The number of allylic oxidation sites excluding steroid dienone is 1. The van der Waals surface area contributed by atoms with Crippen molar-refractivity contribution in [1.82, 2.24) is 26.3 Å². The minimum absolute atomic E-state index is 0.00651. The number of hydrogen-bond acceptors (Lipinski definition) is 19. The zero-order valence-electron chi connectivity index (χ0n) is 45.7. The number of esters is 1. The van der Waals surface area contributed by atoms with Gasteiger partial charge in [0.15, 0.2) is 29.0 Å². The third-order valence-corrected chi connectivity index (χ3v) is 17.0. The van der Waals surface area contributed by atoms with Crippen LogP contribution in [-0.4, -0.2) is 163 Å². The summed E-state index contributed by atoms with van der Waals surface area (Å²) < 4.78 is 28.2. The van der Waals surface area contributed by atoms with E-state index in [1.165, 1.54) is 19.1 Å². The summed E-state index contributed by atoms with van der Waals surface area (Å²) in [5.41, 5.74) is 2.01. The van der Waals surface area contributed by atoms with Crippen LogP contribution in [0.1, 0.15) is 101 Å². The number of ketones is 1. The second-order valence-corrected chi connectivity index (χ2v) is 22.8. The second kappa shape index (κ2) is 22.3. The van der Waals surface area contributed by atoms with Crippen molar-refractivity contribution in [1.29, 1.82) is 0 Å². The highest BCUT2D eigenvalue weighted by Crippen LogP contribution is 2.70. The third kappa shape index (κ3) is 10.8. The fourth-order valence-electron chi connectivity index (χ4n) is 12.6. The van der Waals surface area contributed by atoms with Crippen molar-refractivity contribution in [2.24, 2.45) is 11.8 Å². The molecular weight excluding hydrogens is 1090 g/mol. The number of benzene rings is 2. The molecule has 0 spiro atoms. The molecule has 1 saturated heterocycles. The highest BCUT2D eigenvalue weighted by molar-refractivity contribution is 6.13. The monoisotopic (exact) mass is 1150 g/mol. The average molecular weight is 1150 g/mol. The summed E-state index contributed by atoms with van der Waals surface area (Å²) in [6, 6.07) is 5.97. The number of anilines is 1. The quantitative estimate of drug-likeness (QED) is 0.0691. The van der Waals surface area contributed by atoms with E-state index < -0.39 is 132 Å². The van der Waals surface area contributed by atoms with Gasteiger partial charge in [-0.3, -0.25) is 28.8 Å². The maximum Gasteiger partial charge on any atom is 0.407 e. The van der Waals surface area contributed by atoms with E-state index in [0.29, 0.717) is 65.1 Å². The molecule has 3 aliphatic heterocycles. The Hall–Kier alpha value is -8.04. The van der Waals surface area contributed by atoms with Gasteiger partial charge in [0.05, 0.1) is 36.2 Å². The van der Waals surface area contributed by atoms with Gasteiger partial charge in [-0.15, -0.1) is 0 Å². The number of aryl methyl sites for hydroxylation is 1. The molecule has 442 valence electrons. The molecule has 5 aliphatic carbocycles. The molecule has 11 N–H and O–H groups in total. The first-order valence-corrected chi connectivity index (χ1v) is 27.4. The Morgan fingerprint density at radius 3 is 2.27 bits per heavy atom. The number of carboxylic acids is 2. The number of rotatable bonds is 20. The number of amides is 5. The molecule has 5 amide bonds. The van der Waals surface area contributed by atoms with E-state index in [1.807, 2.05) is 6.07 Å². The van der Waals surface area contributed by atoms with E-state index in [1.54, 1.807) is 39.0 Å². The van der Waals surface area contributed by atoms with Crippen LogP contribution in [-0.2, 0) is 77.4 Å². The van der Waals surface area contributed by atoms with Gasteiger partial charge < -0.3 is 80.9 Å². The SMILES string of the molecule is CC[C@@]1(O)C(=O)OCC2=C1C=C1c3nc4cc5c(cc4c(C46CC(NC(=O)OCc7ccc(NC(=O)[C@H](C)NC(=O)[C@@H](NC(=O)CNC(=O)CCC(=O)O)C(C)C)cc7CC[C@@H]7O[C@H](C(=O)O)[C@@H](O)[C@H](O)[C@H]7O)(C4)C6)c3CC1C2=O)OCO5. The number of alkyl carbamates (subject to hydrolysis) is 1. The van der Waals surface area contributed by atoms with Crippen LogP contribution in [0.3, 0.4) is 0 Å². The molecule has 11 rings (SSSR count). The molecule has 3 saturated carbocycles. The minimum Gasteiger partial charge on any atom is -0.481 e. The molecule has 0 radical (unpaired) electrons. The number of ether oxygens (including phenoxy) is 5. The molecule has 26 nitrogen and oxygen atoms in total. The van der Waals surface area contributed by atoms with E-state index in [9.17, 15) is 68.7 Å². The lowest BCUT2D eigenvalue weighted by atomic mass is 9.37. The standard InChI is InChI=1S/C57H64N6O20/c1-5-57(78)34-14-29-30(45(68)33(34)19-79-53(57)76)13-32-42(31-15-37-38(82-23-81-37)16-35(31)61-44(29)32)55-20-56(21-55,22-55)63-54(77)80-18-27-6-8-28(12-26(27)7-9-36-46(69)47(70)48(71)49(83-36)52(74)75)60-50(72)25(4)59-51(73)43(24(2)3)62-40(65)17-58-39(64)10-11-41(66)67/h6,8,12,14-16,24-25,30,36,43,46-49,69-71,78H,5,7,9-11,13,17-23H2,1-4H3,(H,58,64)(H,59,73)(H,60,72)(H,62,65)(H,63,77)(H,66,67)(H,74,75)/t25-,30?,36-,43-,46-,47+,48-,49-,55?,56?,57-/m0/s1. The van der Waals surface area contributed by atoms with E-state index in [2.05, 4.69) is 26.6 Å². The van der Waals surface area contributed by atoms with Crippen molar-refractivity contribution in [2.45, 2.75) is 151 Å². The Morgan fingerprint density at radius 2 is 1.58 bits per heavy atom. The van der Waals surface area contributed by atoms with E-state index in [4.69, 9.17) is 33.8 Å². The minimum atomic E-state index is -2.00. The van der Waals surface area contributed by atoms with Crippen LogP contribution in [0.15, 0.2) is 47.6 Å². The molecule has 4 fully saturated rings. The number of carbonyl (C=O) groups is 9. The topological polar surface area (TPSA) is 394 Å². The molecule has 26 heteroatoms. The molecule has 9 atom stereocenters. The van der Waals surface area contributed by atoms with Crippen molar-refractivity contribution in [3.63, 3.8) is 0 Å². The van der Waals surface area contributed by atoms with Gasteiger partial charge >= 0.3 is 24.0 Å². The summed E-state index contributed by atoms with van der Waals surface area (Å²) >= 11 is 0. The summed E-state index contributed by atoms with van der Waals surface area (Å²) in [4.78, 5) is 120. The smallest absolute Gasteiger partial charge is 0.407 e. The number of nitrogens with one attached hydrogen (secondary N) is 5. The highest BCUT2D eigenvalue weighted by Gasteiger charge is 2.70. The number of cyclic esters (lactones) is 1. The molecule has 1 aromatic heterocycles. The van der Waals surface area contributed by atoms with Crippen LogP contribution in [0.25, 0.3) is 16.5 Å². The van der Waals surface area contributed by atoms with Crippen LogP contribution >= 0.6 is 0 Å². The number of fused-ring (bicyclic) bond motifs is 5. The Bertz CT molecular complexity index is 3320. The number of carboxylic acid groups (broad SMARTS) is 2. The molecule has 3 aromatic rings. The number of aliphatic carboxylic acids is 2.